The molecule has 4 rings (SSSR count). The fourth-order valence-corrected chi connectivity index (χ4v) is 5.64. The predicted molar refractivity (Wildman–Crippen MR) is 107 cm³/mol. The van der Waals surface area contributed by atoms with E-state index in [4.69, 9.17) is 4.98 Å². The smallest absolute Gasteiger partial charge is 0.268 e. The maximum absolute atomic E-state index is 13.6. The van der Waals surface area contributed by atoms with Crippen molar-refractivity contribution in [1.29, 1.82) is 0 Å². The number of pyridine rings is 1. The van der Waals surface area contributed by atoms with Crippen LogP contribution in [0.3, 0.4) is 0 Å². The lowest BCUT2D eigenvalue weighted by Gasteiger charge is -2.34. The van der Waals surface area contributed by atoms with Crippen LogP contribution in [-0.2, 0) is 9.84 Å². The van der Waals surface area contributed by atoms with E-state index in [1.165, 1.54) is 0 Å². The van der Waals surface area contributed by atoms with Crippen LogP contribution in [0.15, 0.2) is 12.3 Å². The van der Waals surface area contributed by atoms with E-state index in [0.29, 0.717) is 17.9 Å². The van der Waals surface area contributed by atoms with Gasteiger partial charge in [-0.1, -0.05) is 0 Å². The Hall–Kier alpha value is -2.00. The average Bonchev–Trinajstić information content (AvgIpc) is 3.27. The molecule has 0 unspecified atom stereocenters. The van der Waals surface area contributed by atoms with Crippen molar-refractivity contribution in [3.8, 4) is 0 Å². The van der Waals surface area contributed by atoms with Crippen molar-refractivity contribution < 1.29 is 13.2 Å². The van der Waals surface area contributed by atoms with Gasteiger partial charge < -0.3 is 0 Å². The summed E-state index contributed by atoms with van der Waals surface area (Å²) >= 11 is 0. The molecule has 2 aromatic rings. The van der Waals surface area contributed by atoms with Gasteiger partial charge in [0.25, 0.3) is 5.91 Å². The second kappa shape index (κ2) is 6.81. The van der Waals surface area contributed by atoms with E-state index in [9.17, 15) is 13.2 Å². The van der Waals surface area contributed by atoms with E-state index in [1.54, 1.807) is 30.3 Å². The van der Waals surface area contributed by atoms with Crippen molar-refractivity contribution in [2.75, 3.05) is 25.6 Å². The highest BCUT2D eigenvalue weighted by Gasteiger charge is 2.37. The van der Waals surface area contributed by atoms with Gasteiger partial charge in [0.15, 0.2) is 15.5 Å². The van der Waals surface area contributed by atoms with Crippen molar-refractivity contribution in [2.45, 2.75) is 51.1 Å². The van der Waals surface area contributed by atoms with Crippen LogP contribution in [0.4, 0.5) is 0 Å². The molecule has 1 amide bonds. The van der Waals surface area contributed by atoms with Gasteiger partial charge in [-0.3, -0.25) is 9.80 Å². The molecule has 28 heavy (non-hydrogen) atoms. The molecule has 0 N–H and O–H groups in total. The summed E-state index contributed by atoms with van der Waals surface area (Å²) in [5, 5.41) is 8.46. The Morgan fingerprint density at radius 2 is 1.96 bits per heavy atom. The average molecular weight is 406 g/mol. The molecular weight excluding hydrogens is 378 g/mol. The van der Waals surface area contributed by atoms with E-state index < -0.39 is 9.84 Å². The molecule has 2 aliphatic rings. The molecule has 1 atom stereocenters. The van der Waals surface area contributed by atoms with Crippen molar-refractivity contribution in [2.24, 2.45) is 0 Å². The number of nitrogens with zero attached hydrogens (tertiary/aromatic N) is 5. The molecule has 152 valence electrons. The van der Waals surface area contributed by atoms with E-state index in [-0.39, 0.29) is 29.5 Å². The molecule has 0 spiro atoms. The summed E-state index contributed by atoms with van der Waals surface area (Å²) in [5.74, 6) is 0.335. The first kappa shape index (κ1) is 19.3. The van der Waals surface area contributed by atoms with Crippen molar-refractivity contribution in [3.05, 3.63) is 23.5 Å². The number of aromatic nitrogens is 3. The quantitative estimate of drug-likeness (QED) is 0.707. The van der Waals surface area contributed by atoms with Gasteiger partial charge in [-0.2, -0.15) is 5.10 Å². The zero-order valence-corrected chi connectivity index (χ0v) is 17.6. The molecule has 1 aliphatic carbocycles. The van der Waals surface area contributed by atoms with Crippen molar-refractivity contribution in [3.63, 3.8) is 0 Å². The van der Waals surface area contributed by atoms with E-state index in [1.807, 2.05) is 24.6 Å². The third-order valence-electron chi connectivity index (χ3n) is 5.50. The van der Waals surface area contributed by atoms with Gasteiger partial charge in [-0.15, -0.1) is 0 Å². The fourth-order valence-electron chi connectivity index (χ4n) is 3.95. The highest BCUT2D eigenvalue weighted by molar-refractivity contribution is 7.91. The summed E-state index contributed by atoms with van der Waals surface area (Å²) in [7, 11) is 0.456. The summed E-state index contributed by atoms with van der Waals surface area (Å²) in [5.41, 5.74) is 2.20. The third kappa shape index (κ3) is 3.41. The lowest BCUT2D eigenvalue weighted by molar-refractivity contribution is 0.00118. The molecule has 1 aliphatic heterocycles. The van der Waals surface area contributed by atoms with Crippen LogP contribution < -0.4 is 0 Å². The zero-order chi connectivity index (χ0) is 20.2. The summed E-state index contributed by atoms with van der Waals surface area (Å²) in [6.45, 7) is 4.07. The van der Waals surface area contributed by atoms with Gasteiger partial charge in [0.05, 0.1) is 34.7 Å². The number of rotatable bonds is 5. The van der Waals surface area contributed by atoms with Gasteiger partial charge in [0.2, 0.25) is 0 Å². The zero-order valence-electron chi connectivity index (χ0n) is 16.8. The summed E-state index contributed by atoms with van der Waals surface area (Å²) in [4.78, 5) is 18.4. The molecule has 9 heteroatoms. The minimum atomic E-state index is -3.10. The lowest BCUT2D eigenvalue weighted by Crippen LogP contribution is -2.49. The molecule has 2 aromatic heterocycles. The standard InChI is InChI=1S/C19H27N5O3S/c1-12(2)23-18-16(10-20-23)15(9-17(21-18)13-5-6-13)19(25)24(22(3)4)14-7-8-28(26,27)11-14/h9-10,12-14H,5-8,11H2,1-4H3/t14-/m1/s1. The Balaban J connectivity index is 1.81. The Morgan fingerprint density at radius 1 is 1.25 bits per heavy atom. The largest absolute Gasteiger partial charge is 0.269 e. The first-order valence-corrected chi connectivity index (χ1v) is 11.6. The summed E-state index contributed by atoms with van der Waals surface area (Å²) in [6.07, 6.45) is 4.33. The number of amides is 1. The molecule has 1 saturated carbocycles. The Labute approximate surface area is 165 Å². The number of hydrogen-bond acceptors (Lipinski definition) is 6. The molecule has 0 radical (unpaired) electrons. The number of carbonyl (C=O) groups is 1. The van der Waals surface area contributed by atoms with E-state index >= 15 is 0 Å². The van der Waals surface area contributed by atoms with E-state index in [0.717, 1.165) is 29.6 Å². The summed E-state index contributed by atoms with van der Waals surface area (Å²) < 4.78 is 25.8. The van der Waals surface area contributed by atoms with Gasteiger partial charge in [0, 0.05) is 31.7 Å². The first-order valence-electron chi connectivity index (χ1n) is 9.77. The lowest BCUT2D eigenvalue weighted by atomic mass is 10.1. The number of hydrogen-bond donors (Lipinski definition) is 0. The van der Waals surface area contributed by atoms with Gasteiger partial charge in [-0.25, -0.2) is 23.1 Å². The topological polar surface area (TPSA) is 88.4 Å². The second-order valence-electron chi connectivity index (χ2n) is 8.34. The predicted octanol–water partition coefficient (Wildman–Crippen LogP) is 2.00. The van der Waals surface area contributed by atoms with Gasteiger partial charge in [0.1, 0.15) is 0 Å². The van der Waals surface area contributed by atoms with Crippen molar-refractivity contribution in [1.82, 2.24) is 24.8 Å². The van der Waals surface area contributed by atoms with Crippen LogP contribution in [0, 0.1) is 0 Å². The molecule has 0 bridgehead atoms. The minimum absolute atomic E-state index is 0.00584. The van der Waals surface area contributed by atoms with Crippen LogP contribution in [0.25, 0.3) is 11.0 Å². The number of fused-ring (bicyclic) bond motifs is 1. The Morgan fingerprint density at radius 3 is 2.50 bits per heavy atom. The molecule has 1 saturated heterocycles. The molecule has 2 fully saturated rings. The van der Waals surface area contributed by atoms with Crippen LogP contribution in [0.5, 0.6) is 0 Å². The summed E-state index contributed by atoms with van der Waals surface area (Å²) in [6, 6.07) is 1.67. The maximum Gasteiger partial charge on any atom is 0.269 e. The monoisotopic (exact) mass is 405 g/mol. The SMILES string of the molecule is CC(C)n1ncc2c(C(=O)N([C@@H]3CCS(=O)(=O)C3)N(C)C)cc(C3CC3)nc21. The van der Waals surface area contributed by atoms with Crippen LogP contribution in [-0.4, -0.2) is 70.8 Å². The molecule has 0 aromatic carbocycles. The number of hydrazine groups is 1. The third-order valence-corrected chi connectivity index (χ3v) is 7.25. The highest BCUT2D eigenvalue weighted by atomic mass is 32.2. The maximum atomic E-state index is 13.6. The normalized spacial score (nSPS) is 21.7. The van der Waals surface area contributed by atoms with Gasteiger partial charge in [-0.05, 0) is 39.2 Å². The first-order chi connectivity index (χ1) is 13.2. The van der Waals surface area contributed by atoms with Crippen LogP contribution in [0.2, 0.25) is 0 Å². The molecular formula is C19H27N5O3S. The molecule has 3 heterocycles. The number of sulfone groups is 1. The van der Waals surface area contributed by atoms with Crippen LogP contribution >= 0.6 is 0 Å². The molecule has 8 nitrogen and oxygen atoms in total. The fraction of sp³-hybridized carbons (Fsp3) is 0.632. The minimum Gasteiger partial charge on any atom is -0.268 e. The highest BCUT2D eigenvalue weighted by Crippen LogP contribution is 2.40. The second-order valence-corrected chi connectivity index (χ2v) is 10.6. The Bertz CT molecular complexity index is 1020. The van der Waals surface area contributed by atoms with Gasteiger partial charge >= 0.3 is 0 Å². The van der Waals surface area contributed by atoms with Crippen LogP contribution in [0.1, 0.15) is 61.1 Å². The van der Waals surface area contributed by atoms with Crippen molar-refractivity contribution >= 4 is 26.8 Å². The van der Waals surface area contributed by atoms with E-state index in [2.05, 4.69) is 5.10 Å². The Kier molecular flexibility index (Phi) is 4.70. The number of carbonyl (C=O) groups excluding carboxylic acids is 1.